The molecule has 0 unspecified atom stereocenters. The van der Waals surface area contributed by atoms with Crippen molar-refractivity contribution in [3.05, 3.63) is 12.2 Å². The number of likely N-dealkylation sites (N-methyl/N-ethyl adjacent to an activating group) is 1. The quantitative estimate of drug-likeness (QED) is 0.118. The van der Waals surface area contributed by atoms with Crippen LogP contribution < -0.4 is 16.4 Å². The average molecular weight is 480 g/mol. The molecule has 0 rings (SSSR count). The summed E-state index contributed by atoms with van der Waals surface area (Å²) in [5.74, 6) is -0.402. The molecule has 0 saturated heterocycles. The van der Waals surface area contributed by atoms with Gasteiger partial charge in [0.25, 0.3) is 0 Å². The zero-order valence-electron chi connectivity index (χ0n) is 23.7. The summed E-state index contributed by atoms with van der Waals surface area (Å²) in [6.07, 6.45) is 9.79. The first-order valence-electron chi connectivity index (χ1n) is 12.8. The number of amides is 2. The highest BCUT2D eigenvalue weighted by Crippen LogP contribution is 2.52. The van der Waals surface area contributed by atoms with E-state index in [4.69, 9.17) is 11.1 Å². The van der Waals surface area contributed by atoms with Crippen LogP contribution in [0.25, 0.3) is 0 Å². The molecule has 0 aromatic rings. The summed E-state index contributed by atoms with van der Waals surface area (Å²) < 4.78 is 0. The van der Waals surface area contributed by atoms with E-state index in [9.17, 15) is 9.59 Å². The van der Waals surface area contributed by atoms with Gasteiger partial charge < -0.3 is 21.3 Å². The summed E-state index contributed by atoms with van der Waals surface area (Å²) in [6, 6.07) is 0. The number of rotatable bonds is 15. The van der Waals surface area contributed by atoms with Crippen LogP contribution in [0.4, 0.5) is 0 Å². The Kier molecular flexibility index (Phi) is 12.4. The first-order chi connectivity index (χ1) is 15.5. The predicted octanol–water partition coefficient (Wildman–Crippen LogP) is 4.68. The number of carbonyl (C=O) groups excluding carboxylic acids is 2. The minimum atomic E-state index is -0.547. The lowest BCUT2D eigenvalue weighted by molar-refractivity contribution is -0.132. The van der Waals surface area contributed by atoms with Gasteiger partial charge in [-0.1, -0.05) is 80.9 Å². The summed E-state index contributed by atoms with van der Waals surface area (Å²) in [4.78, 5) is 26.3. The summed E-state index contributed by atoms with van der Waals surface area (Å²) in [7, 11) is 1.58. The topological polar surface area (TPSA) is 111 Å². The van der Waals surface area contributed by atoms with Crippen LogP contribution in [0.3, 0.4) is 0 Å². The zero-order chi connectivity index (χ0) is 26.8. The fraction of sp³-hybridized carbons (Fsp3) is 0.815. The second-order valence-corrected chi connectivity index (χ2v) is 11.8. The maximum atomic E-state index is 13.0. The highest BCUT2D eigenvalue weighted by molar-refractivity contribution is 5.84. The van der Waals surface area contributed by atoms with Gasteiger partial charge in [-0.3, -0.25) is 15.0 Å². The van der Waals surface area contributed by atoms with Gasteiger partial charge in [0, 0.05) is 25.6 Å². The number of allylic oxidation sites excluding steroid dienone is 2. The number of nitrogens with two attached hydrogens (primary N) is 1. The highest BCUT2D eigenvalue weighted by atomic mass is 16.2. The Hall–Kier alpha value is -2.05. The van der Waals surface area contributed by atoms with Crippen LogP contribution in [-0.2, 0) is 9.59 Å². The molecule has 0 atom stereocenters. The maximum absolute atomic E-state index is 13.0. The number of nitrogens with zero attached hydrogens (tertiary/aromatic N) is 1. The van der Waals surface area contributed by atoms with Crippen molar-refractivity contribution in [2.75, 3.05) is 26.7 Å². The third kappa shape index (κ3) is 9.67. The normalized spacial score (nSPS) is 13.1. The minimum absolute atomic E-state index is 0.00659. The van der Waals surface area contributed by atoms with Crippen LogP contribution in [0.5, 0.6) is 0 Å². The molecular formula is C27H53N5O2. The van der Waals surface area contributed by atoms with Crippen LogP contribution in [0.1, 0.15) is 94.4 Å². The summed E-state index contributed by atoms with van der Waals surface area (Å²) in [5, 5.41) is 13.0. The van der Waals surface area contributed by atoms with Gasteiger partial charge in [-0.25, -0.2) is 0 Å². The van der Waals surface area contributed by atoms with Gasteiger partial charge in [-0.05, 0) is 41.9 Å². The number of carbonyl (C=O) groups is 2. The molecular weight excluding hydrogens is 426 g/mol. The van der Waals surface area contributed by atoms with Crippen LogP contribution in [-0.4, -0.2) is 49.4 Å². The lowest BCUT2D eigenvalue weighted by Gasteiger charge is -2.48. The van der Waals surface area contributed by atoms with E-state index in [2.05, 4.69) is 71.3 Å². The van der Waals surface area contributed by atoms with Gasteiger partial charge >= 0.3 is 0 Å². The minimum Gasteiger partial charge on any atom is -0.370 e. The van der Waals surface area contributed by atoms with Crippen LogP contribution in [0.2, 0.25) is 0 Å². The van der Waals surface area contributed by atoms with Gasteiger partial charge in [0.2, 0.25) is 11.8 Å². The summed E-state index contributed by atoms with van der Waals surface area (Å²) in [5.41, 5.74) is 5.04. The molecule has 0 heterocycles. The van der Waals surface area contributed by atoms with Crippen molar-refractivity contribution in [3.8, 4) is 0 Å². The van der Waals surface area contributed by atoms with E-state index in [0.717, 1.165) is 32.1 Å². The van der Waals surface area contributed by atoms with Crippen molar-refractivity contribution in [1.29, 1.82) is 5.41 Å². The average Bonchev–Trinajstić information content (AvgIpc) is 2.73. The van der Waals surface area contributed by atoms with E-state index in [1.807, 2.05) is 13.8 Å². The molecule has 0 fully saturated rings. The van der Waals surface area contributed by atoms with E-state index in [1.54, 1.807) is 7.05 Å². The molecule has 198 valence electrons. The van der Waals surface area contributed by atoms with Crippen LogP contribution in [0, 0.1) is 27.1 Å². The Balaban J connectivity index is 5.11. The third-order valence-corrected chi connectivity index (χ3v) is 7.70. The van der Waals surface area contributed by atoms with Gasteiger partial charge in [0.05, 0.1) is 6.54 Å². The van der Waals surface area contributed by atoms with E-state index in [-0.39, 0.29) is 35.1 Å². The van der Waals surface area contributed by atoms with Gasteiger partial charge in [-0.15, -0.1) is 0 Å². The van der Waals surface area contributed by atoms with Crippen LogP contribution in [0.15, 0.2) is 12.2 Å². The van der Waals surface area contributed by atoms with E-state index in [1.165, 1.54) is 4.90 Å². The molecule has 7 heteroatoms. The maximum Gasteiger partial charge on any atom is 0.239 e. The number of nitrogens with one attached hydrogen (secondary N) is 3. The van der Waals surface area contributed by atoms with E-state index in [0.29, 0.717) is 18.5 Å². The Morgan fingerprint density at radius 2 is 1.47 bits per heavy atom. The Morgan fingerprint density at radius 1 is 0.941 bits per heavy atom. The molecule has 0 bridgehead atoms. The molecule has 0 aliphatic carbocycles. The highest BCUT2D eigenvalue weighted by Gasteiger charge is 2.45. The molecule has 0 aliphatic rings. The molecule has 5 N–H and O–H groups in total. The SMILES string of the molecule is CCC(C)(C)CC=CC(CC)(CC)C(C)(C)CC(C)(C)C(=O)NCCNC(=O)CN(C)C(=N)N. The Bertz CT molecular complexity index is 706. The number of guanidine groups is 1. The smallest absolute Gasteiger partial charge is 0.239 e. The van der Waals surface area contributed by atoms with E-state index < -0.39 is 5.41 Å². The number of hydrogen-bond donors (Lipinski definition) is 4. The monoisotopic (exact) mass is 479 g/mol. The second kappa shape index (κ2) is 13.1. The molecule has 34 heavy (non-hydrogen) atoms. The van der Waals surface area contributed by atoms with E-state index >= 15 is 0 Å². The standard InChI is InChI=1S/C27H53N5O2/c1-11-24(4,5)15-14-16-27(12-2,13-3)26(8,9)20-25(6,7)22(34)31-18-17-30-21(33)19-32(10)23(28)29/h14,16H,11-13,15,17-20H2,1-10H3,(H3,28,29)(H,30,33)(H,31,34). The predicted molar refractivity (Wildman–Crippen MR) is 144 cm³/mol. The lowest BCUT2D eigenvalue weighted by Crippen LogP contribution is -2.47. The Morgan fingerprint density at radius 3 is 1.94 bits per heavy atom. The van der Waals surface area contributed by atoms with Gasteiger partial charge in [0.1, 0.15) is 0 Å². The van der Waals surface area contributed by atoms with Crippen LogP contribution >= 0.6 is 0 Å². The molecule has 0 aromatic heterocycles. The molecule has 0 radical (unpaired) electrons. The third-order valence-electron chi connectivity index (χ3n) is 7.70. The number of hydrogen-bond acceptors (Lipinski definition) is 3. The summed E-state index contributed by atoms with van der Waals surface area (Å²) in [6.45, 7) is 20.6. The molecule has 0 aromatic carbocycles. The molecule has 2 amide bonds. The largest absolute Gasteiger partial charge is 0.370 e. The van der Waals surface area contributed by atoms with Gasteiger partial charge in [-0.2, -0.15) is 0 Å². The molecule has 0 spiro atoms. The van der Waals surface area contributed by atoms with Crippen molar-refractivity contribution in [2.45, 2.75) is 94.4 Å². The van der Waals surface area contributed by atoms with Crippen molar-refractivity contribution < 1.29 is 9.59 Å². The fourth-order valence-corrected chi connectivity index (χ4v) is 4.75. The van der Waals surface area contributed by atoms with Crippen molar-refractivity contribution >= 4 is 17.8 Å². The first kappa shape index (κ1) is 31.9. The lowest BCUT2D eigenvalue weighted by atomic mass is 9.57. The first-order valence-corrected chi connectivity index (χ1v) is 12.8. The molecule has 0 saturated carbocycles. The second-order valence-electron chi connectivity index (χ2n) is 11.8. The van der Waals surface area contributed by atoms with Crippen molar-refractivity contribution in [3.63, 3.8) is 0 Å². The van der Waals surface area contributed by atoms with Crippen molar-refractivity contribution in [1.82, 2.24) is 15.5 Å². The molecule has 0 aliphatic heterocycles. The zero-order valence-corrected chi connectivity index (χ0v) is 23.7. The molecule has 7 nitrogen and oxygen atoms in total. The summed E-state index contributed by atoms with van der Waals surface area (Å²) >= 11 is 0. The van der Waals surface area contributed by atoms with Crippen molar-refractivity contribution in [2.24, 2.45) is 27.4 Å². The van der Waals surface area contributed by atoms with Gasteiger partial charge in [0.15, 0.2) is 5.96 Å². The Labute approximate surface area is 209 Å². The fourth-order valence-electron chi connectivity index (χ4n) is 4.75.